The van der Waals surface area contributed by atoms with Crippen molar-refractivity contribution in [2.45, 2.75) is 89.9 Å². The highest BCUT2D eigenvalue weighted by molar-refractivity contribution is 5.87. The van der Waals surface area contributed by atoms with E-state index in [0.717, 1.165) is 53.4 Å². The van der Waals surface area contributed by atoms with E-state index >= 15 is 0 Å². The molecule has 4 aromatic rings. The fourth-order valence-corrected chi connectivity index (χ4v) is 6.25. The lowest BCUT2D eigenvalue weighted by molar-refractivity contribution is -0.0204. The molecule has 0 spiro atoms. The van der Waals surface area contributed by atoms with Gasteiger partial charge in [0.15, 0.2) is 0 Å². The van der Waals surface area contributed by atoms with Gasteiger partial charge in [0, 0.05) is 23.2 Å². The highest BCUT2D eigenvalue weighted by atomic mass is 16.6. The Balaban J connectivity index is 1.27. The maximum atomic E-state index is 12.5. The van der Waals surface area contributed by atoms with E-state index in [9.17, 15) is 15.0 Å². The summed E-state index contributed by atoms with van der Waals surface area (Å²) in [4.78, 5) is 17.1. The molecule has 1 amide bonds. The average Bonchev–Trinajstić information content (AvgIpc) is 3.48. The molecule has 1 aliphatic rings. The van der Waals surface area contributed by atoms with E-state index in [-0.39, 0.29) is 12.0 Å². The summed E-state index contributed by atoms with van der Waals surface area (Å²) in [5.74, 6) is 0.192. The van der Waals surface area contributed by atoms with E-state index in [4.69, 9.17) is 10.5 Å². The van der Waals surface area contributed by atoms with Gasteiger partial charge in [-0.05, 0) is 79.5 Å². The molecule has 3 aromatic heterocycles. The molecule has 9 heteroatoms. The van der Waals surface area contributed by atoms with E-state index in [1.807, 2.05) is 37.3 Å². The van der Waals surface area contributed by atoms with Crippen LogP contribution in [0.2, 0.25) is 0 Å². The minimum Gasteiger partial charge on any atom is -0.446 e. The number of nitrogen functional groups attached to an aromatic ring is 1. The molecule has 0 aliphatic heterocycles. The first kappa shape index (κ1) is 28.8. The van der Waals surface area contributed by atoms with Gasteiger partial charge >= 0.3 is 6.09 Å². The Morgan fingerprint density at radius 2 is 1.90 bits per heavy atom. The number of amides is 1. The lowest BCUT2D eigenvalue weighted by atomic mass is 9.80. The van der Waals surface area contributed by atoms with E-state index in [1.165, 1.54) is 0 Å². The van der Waals surface area contributed by atoms with Crippen molar-refractivity contribution in [2.75, 3.05) is 11.1 Å². The fourth-order valence-electron chi connectivity index (χ4n) is 6.25. The van der Waals surface area contributed by atoms with Gasteiger partial charge in [0.25, 0.3) is 0 Å². The summed E-state index contributed by atoms with van der Waals surface area (Å²) >= 11 is 0. The first-order valence-corrected chi connectivity index (χ1v) is 14.7. The van der Waals surface area contributed by atoms with Crippen molar-refractivity contribution < 1.29 is 19.7 Å². The molecule has 1 saturated carbocycles. The molecule has 1 fully saturated rings. The fraction of sp³-hybridized carbons (Fsp3) is 0.469. The van der Waals surface area contributed by atoms with Gasteiger partial charge in [0.1, 0.15) is 11.9 Å². The molecule has 5 N–H and O–H groups in total. The molecule has 5 rings (SSSR count). The van der Waals surface area contributed by atoms with Crippen molar-refractivity contribution in [1.29, 1.82) is 0 Å². The number of aliphatic hydroxyl groups excluding tert-OH is 2. The van der Waals surface area contributed by atoms with Gasteiger partial charge in [-0.25, -0.2) is 14.3 Å². The van der Waals surface area contributed by atoms with E-state index < -0.39 is 23.7 Å². The number of aryl methyl sites for hydroxylation is 1. The molecule has 0 saturated heterocycles. The Labute approximate surface area is 240 Å². The SMILES string of the molecule is CCCC(CCC)OC(=O)Nc1ccc2ccc(CC[C@@]3(C)C[C@@H](c4ccc5c(N)ccnn45)[C@H](O)[C@@H]3O)cc2n1. The number of aliphatic hydroxyl groups is 2. The van der Waals surface area contributed by atoms with Crippen LogP contribution in [0, 0.1) is 5.41 Å². The molecule has 0 unspecified atom stereocenters. The molecule has 218 valence electrons. The second-order valence-corrected chi connectivity index (χ2v) is 11.7. The number of aromatic nitrogens is 3. The number of nitrogens with zero attached hydrogens (tertiary/aromatic N) is 3. The predicted octanol–water partition coefficient (Wildman–Crippen LogP) is 5.83. The monoisotopic (exact) mass is 559 g/mol. The van der Waals surface area contributed by atoms with Crippen LogP contribution in [-0.4, -0.2) is 49.2 Å². The Morgan fingerprint density at radius 1 is 1.15 bits per heavy atom. The Hall–Kier alpha value is -3.69. The van der Waals surface area contributed by atoms with Gasteiger partial charge < -0.3 is 20.7 Å². The van der Waals surface area contributed by atoms with Crippen molar-refractivity contribution in [3.63, 3.8) is 0 Å². The summed E-state index contributed by atoms with van der Waals surface area (Å²) in [6.45, 7) is 6.20. The van der Waals surface area contributed by atoms with Gasteiger partial charge in [-0.1, -0.05) is 45.7 Å². The van der Waals surface area contributed by atoms with Gasteiger partial charge in [0.2, 0.25) is 0 Å². The molecular weight excluding hydrogens is 518 g/mol. The molecule has 0 radical (unpaired) electrons. The highest BCUT2D eigenvalue weighted by Gasteiger charge is 2.50. The first-order valence-electron chi connectivity index (χ1n) is 14.7. The third-order valence-electron chi connectivity index (χ3n) is 8.60. The number of nitrogens with one attached hydrogen (secondary N) is 1. The Morgan fingerprint density at radius 3 is 2.66 bits per heavy atom. The van der Waals surface area contributed by atoms with Crippen LogP contribution in [0.5, 0.6) is 0 Å². The molecule has 3 heterocycles. The summed E-state index contributed by atoms with van der Waals surface area (Å²) in [6, 6.07) is 15.4. The van der Waals surface area contributed by atoms with Gasteiger partial charge in [-0.15, -0.1) is 0 Å². The van der Waals surface area contributed by atoms with Crippen LogP contribution in [0.25, 0.3) is 16.4 Å². The number of fused-ring (bicyclic) bond motifs is 2. The van der Waals surface area contributed by atoms with Crippen molar-refractivity contribution in [3.8, 4) is 0 Å². The molecule has 9 nitrogen and oxygen atoms in total. The molecule has 1 aromatic carbocycles. The largest absolute Gasteiger partial charge is 0.446 e. The van der Waals surface area contributed by atoms with Crippen LogP contribution in [-0.2, 0) is 11.2 Å². The summed E-state index contributed by atoms with van der Waals surface area (Å²) < 4.78 is 7.39. The van der Waals surface area contributed by atoms with Crippen LogP contribution in [0.15, 0.2) is 54.7 Å². The van der Waals surface area contributed by atoms with Crippen LogP contribution in [0.3, 0.4) is 0 Å². The van der Waals surface area contributed by atoms with Crippen LogP contribution >= 0.6 is 0 Å². The minimum atomic E-state index is -0.901. The first-order chi connectivity index (χ1) is 19.7. The standard InChI is InChI=1S/C32H41N5O4/c1-4-6-22(7-5-2)41-31(40)36-28-13-10-21-9-8-20(18-25(21)35-28)14-16-32(3)19-23(29(38)30(32)39)26-11-12-27-24(33)15-17-34-37(26)27/h8-13,15,17-18,22-23,29-30,38-39H,4-7,14,16,19,33H2,1-3H3,(H,35,36,40)/t23-,29-,30-,32-/m0/s1. The van der Waals surface area contributed by atoms with Crippen molar-refractivity contribution in [3.05, 3.63) is 66.0 Å². The van der Waals surface area contributed by atoms with E-state index in [1.54, 1.807) is 22.8 Å². The summed E-state index contributed by atoms with van der Waals surface area (Å²) in [7, 11) is 0. The second-order valence-electron chi connectivity index (χ2n) is 11.7. The molecular formula is C32H41N5O4. The van der Waals surface area contributed by atoms with E-state index in [0.29, 0.717) is 30.8 Å². The van der Waals surface area contributed by atoms with Gasteiger partial charge in [-0.3, -0.25) is 5.32 Å². The van der Waals surface area contributed by atoms with Crippen molar-refractivity contribution in [2.24, 2.45) is 5.41 Å². The molecule has 0 bridgehead atoms. The number of ether oxygens (including phenoxy) is 1. The van der Waals surface area contributed by atoms with Crippen molar-refractivity contribution in [1.82, 2.24) is 14.6 Å². The smallest absolute Gasteiger partial charge is 0.413 e. The number of carbonyl (C=O) groups excluding carboxylic acids is 1. The third-order valence-corrected chi connectivity index (χ3v) is 8.60. The number of rotatable bonds is 10. The van der Waals surface area contributed by atoms with Crippen molar-refractivity contribution >= 4 is 34.0 Å². The zero-order valence-corrected chi connectivity index (χ0v) is 24.1. The number of pyridine rings is 1. The number of benzene rings is 1. The molecule has 1 aliphatic carbocycles. The Bertz CT molecular complexity index is 1510. The summed E-state index contributed by atoms with van der Waals surface area (Å²) in [6.07, 6.45) is 4.92. The van der Waals surface area contributed by atoms with Crippen LogP contribution < -0.4 is 11.1 Å². The normalized spacial score (nSPS) is 22.5. The maximum Gasteiger partial charge on any atom is 0.413 e. The summed E-state index contributed by atoms with van der Waals surface area (Å²) in [5, 5.41) is 30.4. The Kier molecular flexibility index (Phi) is 8.47. The quantitative estimate of drug-likeness (QED) is 0.192. The number of hydrogen-bond acceptors (Lipinski definition) is 7. The van der Waals surface area contributed by atoms with Gasteiger partial charge in [0.05, 0.1) is 28.9 Å². The third kappa shape index (κ3) is 6.01. The molecule has 41 heavy (non-hydrogen) atoms. The van der Waals surface area contributed by atoms with Crippen LogP contribution in [0.1, 0.15) is 76.5 Å². The number of anilines is 2. The lowest BCUT2D eigenvalue weighted by Gasteiger charge is -2.28. The minimum absolute atomic E-state index is 0.0895. The van der Waals surface area contributed by atoms with Crippen LogP contribution in [0.4, 0.5) is 16.3 Å². The maximum absolute atomic E-state index is 12.5. The zero-order chi connectivity index (χ0) is 29.1. The molecule has 4 atom stereocenters. The highest BCUT2D eigenvalue weighted by Crippen LogP contribution is 2.49. The number of carbonyl (C=O) groups is 1. The number of hydrogen-bond donors (Lipinski definition) is 4. The average molecular weight is 560 g/mol. The topological polar surface area (TPSA) is 135 Å². The van der Waals surface area contributed by atoms with Gasteiger partial charge in [-0.2, -0.15) is 5.10 Å². The zero-order valence-electron chi connectivity index (χ0n) is 24.1. The van der Waals surface area contributed by atoms with E-state index in [2.05, 4.69) is 35.3 Å². The summed E-state index contributed by atoms with van der Waals surface area (Å²) in [5.41, 5.74) is 9.74. The second kappa shape index (κ2) is 12.0. The predicted molar refractivity (Wildman–Crippen MR) is 161 cm³/mol. The lowest BCUT2D eigenvalue weighted by Crippen LogP contribution is -2.34. The number of nitrogens with two attached hydrogens (primary N) is 1.